The molecule has 0 aromatic heterocycles. The first-order chi connectivity index (χ1) is 5.93. The number of hydrogen-bond donors (Lipinski definition) is 3. The van der Waals surface area contributed by atoms with Gasteiger partial charge in [0, 0.05) is 0 Å². The average Bonchev–Trinajstić information content (AvgIpc) is 1.98. The molecular formula is C8H17N3O2. The van der Waals surface area contributed by atoms with Gasteiger partial charge in [0.15, 0.2) is 0 Å². The highest BCUT2D eigenvalue weighted by atomic mass is 16.2. The van der Waals surface area contributed by atoms with Crippen molar-refractivity contribution >= 4 is 11.8 Å². The summed E-state index contributed by atoms with van der Waals surface area (Å²) in [5, 5.41) is 2.35. The molecule has 0 saturated carbocycles. The van der Waals surface area contributed by atoms with Crippen LogP contribution < -0.4 is 16.8 Å². The van der Waals surface area contributed by atoms with Gasteiger partial charge in [-0.2, -0.15) is 0 Å². The minimum atomic E-state index is -0.565. The smallest absolute Gasteiger partial charge is 0.237 e. The molecule has 0 radical (unpaired) electrons. The third kappa shape index (κ3) is 6.10. The first-order valence-corrected chi connectivity index (χ1v) is 4.25. The second-order valence-electron chi connectivity index (χ2n) is 3.42. The van der Waals surface area contributed by atoms with Crippen molar-refractivity contribution in [1.29, 1.82) is 0 Å². The van der Waals surface area contributed by atoms with Gasteiger partial charge in [-0.05, 0) is 12.3 Å². The maximum absolute atomic E-state index is 11.1. The van der Waals surface area contributed by atoms with Crippen LogP contribution in [0.2, 0.25) is 0 Å². The molecular weight excluding hydrogens is 170 g/mol. The SMILES string of the molecule is CC(C)C[C@@H](N)C(=O)NCC(N)=O. The molecule has 2 amide bonds. The average molecular weight is 187 g/mol. The number of nitrogens with two attached hydrogens (primary N) is 2. The van der Waals surface area contributed by atoms with Crippen molar-refractivity contribution in [3.05, 3.63) is 0 Å². The van der Waals surface area contributed by atoms with E-state index in [4.69, 9.17) is 11.5 Å². The van der Waals surface area contributed by atoms with Crippen LogP contribution in [0.15, 0.2) is 0 Å². The van der Waals surface area contributed by atoms with Crippen molar-refractivity contribution < 1.29 is 9.59 Å². The van der Waals surface area contributed by atoms with E-state index < -0.39 is 11.9 Å². The Morgan fingerprint density at radius 2 is 1.92 bits per heavy atom. The maximum Gasteiger partial charge on any atom is 0.237 e. The Labute approximate surface area is 77.8 Å². The van der Waals surface area contributed by atoms with Crippen LogP contribution in [0.25, 0.3) is 0 Å². The molecule has 5 nitrogen and oxygen atoms in total. The number of amides is 2. The van der Waals surface area contributed by atoms with Gasteiger partial charge in [-0.25, -0.2) is 0 Å². The fraction of sp³-hybridized carbons (Fsp3) is 0.750. The lowest BCUT2D eigenvalue weighted by atomic mass is 10.0. The molecule has 0 aromatic carbocycles. The second kappa shape index (κ2) is 5.53. The zero-order chi connectivity index (χ0) is 10.4. The molecule has 0 saturated heterocycles. The summed E-state index contributed by atoms with van der Waals surface area (Å²) >= 11 is 0. The number of hydrogen-bond acceptors (Lipinski definition) is 3. The number of carbonyl (C=O) groups is 2. The summed E-state index contributed by atoms with van der Waals surface area (Å²) in [6.07, 6.45) is 0.602. The molecule has 0 fully saturated rings. The van der Waals surface area contributed by atoms with Crippen LogP contribution in [0.1, 0.15) is 20.3 Å². The summed E-state index contributed by atoms with van der Waals surface area (Å²) in [4.78, 5) is 21.5. The molecule has 0 heterocycles. The highest BCUT2D eigenvalue weighted by molar-refractivity contribution is 5.86. The van der Waals surface area contributed by atoms with Gasteiger partial charge in [0.1, 0.15) is 0 Å². The number of carbonyl (C=O) groups excluding carboxylic acids is 2. The molecule has 0 rings (SSSR count). The summed E-state index contributed by atoms with van der Waals surface area (Å²) in [6.45, 7) is 3.80. The Morgan fingerprint density at radius 1 is 1.38 bits per heavy atom. The van der Waals surface area contributed by atoms with Crippen molar-refractivity contribution in [3.63, 3.8) is 0 Å². The second-order valence-corrected chi connectivity index (χ2v) is 3.42. The van der Waals surface area contributed by atoms with Crippen LogP contribution in [0.4, 0.5) is 0 Å². The Bertz CT molecular complexity index is 192. The Kier molecular flexibility index (Phi) is 5.06. The molecule has 0 aliphatic carbocycles. The molecule has 5 heteroatoms. The summed E-state index contributed by atoms with van der Waals surface area (Å²) in [7, 11) is 0. The minimum absolute atomic E-state index is 0.148. The molecule has 1 atom stereocenters. The van der Waals surface area contributed by atoms with Gasteiger partial charge in [-0.1, -0.05) is 13.8 Å². The fourth-order valence-electron chi connectivity index (χ4n) is 0.920. The predicted molar refractivity (Wildman–Crippen MR) is 49.6 cm³/mol. The van der Waals surface area contributed by atoms with Crippen LogP contribution in [0.3, 0.4) is 0 Å². The van der Waals surface area contributed by atoms with E-state index in [1.807, 2.05) is 13.8 Å². The van der Waals surface area contributed by atoms with E-state index in [2.05, 4.69) is 5.32 Å². The molecule has 0 unspecified atom stereocenters. The monoisotopic (exact) mass is 187 g/mol. The lowest BCUT2D eigenvalue weighted by Gasteiger charge is -2.12. The van der Waals surface area contributed by atoms with Crippen molar-refractivity contribution in [2.45, 2.75) is 26.3 Å². The first kappa shape index (κ1) is 11.9. The van der Waals surface area contributed by atoms with Crippen LogP contribution in [0, 0.1) is 5.92 Å². The normalized spacial score (nSPS) is 12.6. The Hall–Kier alpha value is -1.10. The van der Waals surface area contributed by atoms with Gasteiger partial charge >= 0.3 is 0 Å². The molecule has 0 bridgehead atoms. The van der Waals surface area contributed by atoms with Gasteiger partial charge in [0.05, 0.1) is 12.6 Å². The van der Waals surface area contributed by atoms with Crippen molar-refractivity contribution in [3.8, 4) is 0 Å². The number of nitrogens with one attached hydrogen (secondary N) is 1. The third-order valence-corrected chi connectivity index (χ3v) is 1.50. The molecule has 0 spiro atoms. The Morgan fingerprint density at radius 3 is 2.31 bits per heavy atom. The van der Waals surface area contributed by atoms with Gasteiger partial charge < -0.3 is 16.8 Å². The summed E-state index contributed by atoms with van der Waals surface area (Å²) in [5.41, 5.74) is 10.4. The van der Waals surface area contributed by atoms with Crippen LogP contribution >= 0.6 is 0 Å². The van der Waals surface area contributed by atoms with Crippen molar-refractivity contribution in [1.82, 2.24) is 5.32 Å². The highest BCUT2D eigenvalue weighted by Gasteiger charge is 2.14. The quantitative estimate of drug-likeness (QED) is 0.512. The first-order valence-electron chi connectivity index (χ1n) is 4.25. The number of primary amides is 1. The van der Waals surface area contributed by atoms with Gasteiger partial charge in [0.2, 0.25) is 11.8 Å². The molecule has 5 N–H and O–H groups in total. The predicted octanol–water partition coefficient (Wildman–Crippen LogP) is -1.04. The minimum Gasteiger partial charge on any atom is -0.368 e. The number of rotatable bonds is 5. The standard InChI is InChI=1S/C8H17N3O2/c1-5(2)3-6(9)8(13)11-4-7(10)12/h5-6H,3-4,9H2,1-2H3,(H2,10,12)(H,11,13)/t6-/m1/s1. The molecule has 76 valence electrons. The molecule has 0 aliphatic heterocycles. The van der Waals surface area contributed by atoms with E-state index in [9.17, 15) is 9.59 Å². The van der Waals surface area contributed by atoms with E-state index in [1.165, 1.54) is 0 Å². The van der Waals surface area contributed by atoms with Gasteiger partial charge in [0.25, 0.3) is 0 Å². The zero-order valence-electron chi connectivity index (χ0n) is 8.04. The third-order valence-electron chi connectivity index (χ3n) is 1.50. The topological polar surface area (TPSA) is 98.2 Å². The zero-order valence-corrected chi connectivity index (χ0v) is 8.04. The molecule has 0 aromatic rings. The van der Waals surface area contributed by atoms with Gasteiger partial charge in [-0.15, -0.1) is 0 Å². The summed E-state index contributed by atoms with van der Waals surface area (Å²) in [6, 6.07) is -0.556. The fourth-order valence-corrected chi connectivity index (χ4v) is 0.920. The van der Waals surface area contributed by atoms with Crippen molar-refractivity contribution in [2.24, 2.45) is 17.4 Å². The van der Waals surface area contributed by atoms with Crippen LogP contribution in [-0.4, -0.2) is 24.4 Å². The van der Waals surface area contributed by atoms with Crippen LogP contribution in [-0.2, 0) is 9.59 Å². The lowest BCUT2D eigenvalue weighted by molar-refractivity contribution is -0.125. The van der Waals surface area contributed by atoms with E-state index in [1.54, 1.807) is 0 Å². The van der Waals surface area contributed by atoms with Crippen LogP contribution in [0.5, 0.6) is 0 Å². The largest absolute Gasteiger partial charge is 0.368 e. The van der Waals surface area contributed by atoms with E-state index in [-0.39, 0.29) is 12.5 Å². The maximum atomic E-state index is 11.1. The van der Waals surface area contributed by atoms with Gasteiger partial charge in [-0.3, -0.25) is 9.59 Å². The van der Waals surface area contributed by atoms with Crippen molar-refractivity contribution in [2.75, 3.05) is 6.54 Å². The van der Waals surface area contributed by atoms with E-state index in [0.717, 1.165) is 0 Å². The highest BCUT2D eigenvalue weighted by Crippen LogP contribution is 2.01. The molecule has 0 aliphatic rings. The Balaban J connectivity index is 3.76. The van der Waals surface area contributed by atoms with E-state index in [0.29, 0.717) is 12.3 Å². The van der Waals surface area contributed by atoms with E-state index >= 15 is 0 Å². The summed E-state index contributed by atoms with van der Waals surface area (Å²) in [5.74, 6) is -0.535. The molecule has 13 heavy (non-hydrogen) atoms. The lowest BCUT2D eigenvalue weighted by Crippen LogP contribution is -2.44. The summed E-state index contributed by atoms with van der Waals surface area (Å²) < 4.78 is 0.